The van der Waals surface area contributed by atoms with Crippen molar-refractivity contribution >= 4 is 43.6 Å². The lowest BCUT2D eigenvalue weighted by molar-refractivity contribution is 1.13. The molecule has 0 atom stereocenters. The van der Waals surface area contributed by atoms with Crippen molar-refractivity contribution in [3.05, 3.63) is 322 Å². The zero-order valence-corrected chi connectivity index (χ0v) is 46.8. The molecule has 0 saturated heterocycles. The Hall–Kier alpha value is -11.5. The molecule has 5 aromatic heterocycles. The molecule has 5 heteroatoms. The first-order valence-electron chi connectivity index (χ1n) is 29.2. The van der Waals surface area contributed by atoms with Crippen LogP contribution in [0.1, 0.15) is 0 Å². The van der Waals surface area contributed by atoms with Crippen LogP contribution < -0.4 is 0 Å². The second-order valence-electron chi connectivity index (χ2n) is 22.0. The number of para-hydroxylation sites is 4. The average molecular weight is 1100 g/mol. The average Bonchev–Trinajstić information content (AvgIpc) is 1.98. The molecular formula is C81H53N5. The fourth-order valence-electron chi connectivity index (χ4n) is 12.6. The van der Waals surface area contributed by atoms with Crippen LogP contribution in [0.4, 0.5) is 0 Å². The van der Waals surface area contributed by atoms with Gasteiger partial charge in [-0.2, -0.15) is 0 Å². The predicted molar refractivity (Wildman–Crippen MR) is 357 cm³/mol. The third-order valence-corrected chi connectivity index (χ3v) is 16.7. The molecule has 0 radical (unpaired) electrons. The van der Waals surface area contributed by atoms with Crippen LogP contribution in [0.25, 0.3) is 156 Å². The highest BCUT2D eigenvalue weighted by atomic mass is 15.0. The Labute approximate surface area is 498 Å². The summed E-state index contributed by atoms with van der Waals surface area (Å²) in [6.45, 7) is 0. The molecule has 0 aliphatic rings. The van der Waals surface area contributed by atoms with Gasteiger partial charge in [-0.05, 0) is 124 Å². The van der Waals surface area contributed by atoms with E-state index < -0.39 is 0 Å². The number of pyridine rings is 3. The SMILES string of the molecule is c1ccc(-c2cc(-c3cccc(-c4cc(-c5cc(-n6c7ccccc7c7ccccc76)cc(-n6c7ccccc7c7ccccc76)c5)cc(-c5cccc(-c6cc(-c7ccccc7)nc(-c7ccccc7)c6)c5)n4)c3)cc(-c3ccccc3)n2)cc1. The summed E-state index contributed by atoms with van der Waals surface area (Å²) in [6, 6.07) is 115. The Kier molecular flexibility index (Phi) is 12.5. The molecular weight excluding hydrogens is 1040 g/mol. The Morgan fingerprint density at radius 2 is 0.395 bits per heavy atom. The zero-order valence-electron chi connectivity index (χ0n) is 46.8. The maximum absolute atomic E-state index is 5.70. The van der Waals surface area contributed by atoms with E-state index in [4.69, 9.17) is 15.0 Å². The molecule has 16 rings (SSSR count). The van der Waals surface area contributed by atoms with Crippen molar-refractivity contribution < 1.29 is 0 Å². The first-order chi connectivity index (χ1) is 42.6. The van der Waals surface area contributed by atoms with Gasteiger partial charge in [0.2, 0.25) is 0 Å². The number of nitrogens with zero attached hydrogens (tertiary/aromatic N) is 5. The molecule has 0 fully saturated rings. The summed E-state index contributed by atoms with van der Waals surface area (Å²) >= 11 is 0. The first kappa shape index (κ1) is 50.2. The van der Waals surface area contributed by atoms with Gasteiger partial charge in [0.25, 0.3) is 0 Å². The van der Waals surface area contributed by atoms with Crippen LogP contribution >= 0.6 is 0 Å². The number of fused-ring (bicyclic) bond motifs is 6. The van der Waals surface area contributed by atoms with Gasteiger partial charge in [0.1, 0.15) is 0 Å². The lowest BCUT2D eigenvalue weighted by Gasteiger charge is -2.17. The van der Waals surface area contributed by atoms with Crippen LogP contribution in [0.3, 0.4) is 0 Å². The summed E-state index contributed by atoms with van der Waals surface area (Å²) in [6.07, 6.45) is 0. The molecule has 0 spiro atoms. The van der Waals surface area contributed by atoms with Gasteiger partial charge in [-0.1, -0.05) is 231 Å². The van der Waals surface area contributed by atoms with Crippen LogP contribution in [0.2, 0.25) is 0 Å². The summed E-state index contributed by atoms with van der Waals surface area (Å²) in [4.78, 5) is 16.2. The van der Waals surface area contributed by atoms with Crippen LogP contribution in [-0.4, -0.2) is 24.1 Å². The molecule has 0 aliphatic carbocycles. The second-order valence-corrected chi connectivity index (χ2v) is 22.0. The third-order valence-electron chi connectivity index (χ3n) is 16.7. The molecule has 0 aliphatic heterocycles. The topological polar surface area (TPSA) is 48.5 Å². The van der Waals surface area contributed by atoms with Gasteiger partial charge >= 0.3 is 0 Å². The van der Waals surface area contributed by atoms with Gasteiger partial charge in [0, 0.05) is 66.3 Å². The molecule has 5 nitrogen and oxygen atoms in total. The van der Waals surface area contributed by atoms with E-state index in [0.717, 1.165) is 134 Å². The Morgan fingerprint density at radius 1 is 0.163 bits per heavy atom. The fourth-order valence-corrected chi connectivity index (χ4v) is 12.6. The second kappa shape index (κ2) is 21.3. The van der Waals surface area contributed by atoms with Crippen LogP contribution in [0.5, 0.6) is 0 Å². The van der Waals surface area contributed by atoms with Gasteiger partial charge < -0.3 is 9.13 Å². The quantitative estimate of drug-likeness (QED) is 0.130. The first-order valence-corrected chi connectivity index (χ1v) is 29.2. The van der Waals surface area contributed by atoms with Crippen molar-refractivity contribution in [1.82, 2.24) is 24.1 Å². The van der Waals surface area contributed by atoms with Crippen molar-refractivity contribution in [2.24, 2.45) is 0 Å². The van der Waals surface area contributed by atoms with Crippen LogP contribution in [-0.2, 0) is 0 Å². The van der Waals surface area contributed by atoms with Gasteiger partial charge in [-0.25, -0.2) is 15.0 Å². The van der Waals surface area contributed by atoms with Gasteiger partial charge in [0.15, 0.2) is 0 Å². The maximum Gasteiger partial charge on any atom is 0.0715 e. The van der Waals surface area contributed by atoms with Gasteiger partial charge in [-0.15, -0.1) is 0 Å². The highest BCUT2D eigenvalue weighted by molar-refractivity contribution is 6.11. The molecule has 402 valence electrons. The minimum Gasteiger partial charge on any atom is -0.309 e. The molecule has 0 amide bonds. The largest absolute Gasteiger partial charge is 0.309 e. The molecule has 11 aromatic carbocycles. The molecule has 86 heavy (non-hydrogen) atoms. The number of benzene rings is 11. The normalized spacial score (nSPS) is 11.5. The number of rotatable bonds is 11. The molecule has 0 N–H and O–H groups in total. The van der Waals surface area contributed by atoms with E-state index >= 15 is 0 Å². The van der Waals surface area contributed by atoms with E-state index in [1.807, 2.05) is 0 Å². The smallest absolute Gasteiger partial charge is 0.0715 e. The van der Waals surface area contributed by atoms with E-state index in [2.05, 4.69) is 331 Å². The van der Waals surface area contributed by atoms with Crippen LogP contribution in [0.15, 0.2) is 322 Å². The summed E-state index contributed by atoms with van der Waals surface area (Å²) < 4.78 is 4.87. The van der Waals surface area contributed by atoms with E-state index in [9.17, 15) is 0 Å². The third kappa shape index (κ3) is 9.21. The Balaban J connectivity index is 0.928. The maximum atomic E-state index is 5.70. The molecule has 0 bridgehead atoms. The number of hydrogen-bond acceptors (Lipinski definition) is 3. The molecule has 0 unspecified atom stereocenters. The standard InChI is InChI=1S/C81H53N5/c1-5-23-54(24-6-1)72-47-63(48-73(82-72)55-25-7-2-8-26-55)58-31-21-33-60(43-58)76-51-65(52-77(84-76)61-34-22-32-59(44-61)64-49-74(56-27-9-3-10-28-56)83-75(50-64)57-29-11-4-12-30-57)62-45-66(85-78-39-17-13-35-68(78)69-36-14-18-40-79(69)85)53-67(46-62)86-80-41-19-15-37-70(80)71-38-16-20-42-81(71)86/h1-53H. The van der Waals surface area contributed by atoms with Crippen molar-refractivity contribution in [3.8, 4) is 112 Å². The van der Waals surface area contributed by atoms with Crippen molar-refractivity contribution in [2.45, 2.75) is 0 Å². The molecule has 5 heterocycles. The highest BCUT2D eigenvalue weighted by Crippen LogP contribution is 2.41. The summed E-state index contributed by atoms with van der Waals surface area (Å²) in [7, 11) is 0. The van der Waals surface area contributed by atoms with E-state index in [1.54, 1.807) is 0 Å². The summed E-state index contributed by atoms with van der Waals surface area (Å²) in [5.41, 5.74) is 24.7. The summed E-state index contributed by atoms with van der Waals surface area (Å²) in [5, 5.41) is 4.84. The lowest BCUT2D eigenvalue weighted by atomic mass is 9.95. The number of aromatic nitrogens is 5. The van der Waals surface area contributed by atoms with Crippen molar-refractivity contribution in [1.29, 1.82) is 0 Å². The van der Waals surface area contributed by atoms with Gasteiger partial charge in [0.05, 0.1) is 56.2 Å². The van der Waals surface area contributed by atoms with Gasteiger partial charge in [-0.3, -0.25) is 0 Å². The minimum atomic E-state index is 0.854. The minimum absolute atomic E-state index is 0.854. The zero-order chi connectivity index (χ0) is 56.9. The number of hydrogen-bond donors (Lipinski definition) is 0. The lowest BCUT2D eigenvalue weighted by Crippen LogP contribution is -2.00. The highest BCUT2D eigenvalue weighted by Gasteiger charge is 2.20. The molecule has 16 aromatic rings. The van der Waals surface area contributed by atoms with E-state index in [0.29, 0.717) is 0 Å². The van der Waals surface area contributed by atoms with E-state index in [1.165, 1.54) is 21.5 Å². The molecule has 0 saturated carbocycles. The van der Waals surface area contributed by atoms with Crippen molar-refractivity contribution in [2.75, 3.05) is 0 Å². The summed E-state index contributed by atoms with van der Waals surface area (Å²) in [5.74, 6) is 0. The van der Waals surface area contributed by atoms with Crippen LogP contribution in [0, 0.1) is 0 Å². The Bertz CT molecular complexity index is 4680. The monoisotopic (exact) mass is 1100 g/mol. The Morgan fingerprint density at radius 3 is 0.709 bits per heavy atom. The fraction of sp³-hybridized carbons (Fsp3) is 0. The van der Waals surface area contributed by atoms with Crippen molar-refractivity contribution in [3.63, 3.8) is 0 Å². The van der Waals surface area contributed by atoms with E-state index in [-0.39, 0.29) is 0 Å². The predicted octanol–water partition coefficient (Wildman–Crippen LogP) is 21.1.